The van der Waals surface area contributed by atoms with Crippen molar-refractivity contribution in [2.45, 2.75) is 0 Å². The Kier molecular flexibility index (Phi) is 9.00. The van der Waals surface area contributed by atoms with Crippen LogP contribution in [0.4, 0.5) is 0 Å². The van der Waals surface area contributed by atoms with Gasteiger partial charge in [-0.05, 0) is 64.7 Å². The minimum absolute atomic E-state index is 0.616. The smallest absolute Gasteiger partial charge is 0.166 e. The number of rotatable bonds is 7. The highest BCUT2D eigenvalue weighted by Crippen LogP contribution is 2.47. The van der Waals surface area contributed by atoms with Crippen molar-refractivity contribution in [2.24, 2.45) is 0 Å². The van der Waals surface area contributed by atoms with Gasteiger partial charge in [-0.1, -0.05) is 194 Å². The normalized spacial score (nSPS) is 11.8. The quantitative estimate of drug-likeness (QED) is 0.160. The van der Waals surface area contributed by atoms with E-state index in [-0.39, 0.29) is 0 Å². The highest BCUT2D eigenvalue weighted by Gasteiger charge is 2.24. The molecule has 0 N–H and O–H groups in total. The topological polar surface area (TPSA) is 48.5 Å². The average molecular weight is 898 g/mol. The summed E-state index contributed by atoms with van der Waals surface area (Å²) in [5, 5.41) is 7.30. The van der Waals surface area contributed by atoms with E-state index in [4.69, 9.17) is 15.0 Å². The molecule has 0 saturated heterocycles. The third kappa shape index (κ3) is 6.34. The van der Waals surface area contributed by atoms with E-state index >= 15 is 0 Å². The third-order valence-electron chi connectivity index (χ3n) is 13.6. The molecule has 322 valence electrons. The van der Waals surface area contributed by atoms with Gasteiger partial charge in [0.1, 0.15) is 0 Å². The predicted molar refractivity (Wildman–Crippen MR) is 289 cm³/mol. The number of fused-ring (bicyclic) bond motifs is 10. The summed E-state index contributed by atoms with van der Waals surface area (Å²) in [5.74, 6) is 1.86. The van der Waals surface area contributed by atoms with Gasteiger partial charge in [0.25, 0.3) is 0 Å². The van der Waals surface area contributed by atoms with Gasteiger partial charge >= 0.3 is 0 Å². The zero-order valence-corrected chi connectivity index (χ0v) is 38.0. The van der Waals surface area contributed by atoms with Crippen molar-refractivity contribution in [1.29, 1.82) is 0 Å². The first kappa shape index (κ1) is 39.2. The van der Waals surface area contributed by atoms with E-state index < -0.39 is 0 Å². The van der Waals surface area contributed by atoms with E-state index in [1.54, 1.807) is 0 Å². The molecule has 4 heterocycles. The van der Waals surface area contributed by atoms with Crippen molar-refractivity contribution in [3.8, 4) is 67.8 Å². The molecule has 5 nitrogen and oxygen atoms in total. The van der Waals surface area contributed by atoms with Crippen LogP contribution in [-0.2, 0) is 0 Å². The summed E-state index contributed by atoms with van der Waals surface area (Å²) >= 11 is 1.87. The SMILES string of the molecule is c1ccc(-c2cccc(-c3ccc(-c4nc(-c5ccccc5)nc(-c5cccc6c7ccc8c9cccc(-n%10c%11ccccc%11c%11ccccc%11%10)c9sc8c7n(-c7ccccc7)c56)n4)cc3)c2)cc1. The zero-order chi connectivity index (χ0) is 45.4. The lowest BCUT2D eigenvalue weighted by Crippen LogP contribution is -2.02. The fraction of sp³-hybridized carbons (Fsp3) is 0. The van der Waals surface area contributed by atoms with Gasteiger partial charge in [0.05, 0.1) is 37.2 Å². The molecule has 0 fully saturated rings. The molecule has 0 amide bonds. The minimum Gasteiger partial charge on any atom is -0.308 e. The number of aromatic nitrogens is 5. The summed E-state index contributed by atoms with van der Waals surface area (Å²) in [6.45, 7) is 0. The molecular formula is C63H39N5S. The van der Waals surface area contributed by atoms with Crippen LogP contribution in [-0.4, -0.2) is 24.1 Å². The standard InChI is InChI=1S/C63H39N5S/c1-4-17-40(18-5-1)44-21-14-22-45(39-44)41-33-35-43(36-34-41)62-64-61(42-19-6-2-7-20-42)65-63(66-62)53-29-15-27-49-50-37-38-52-51-28-16-32-56(68-54-30-12-10-25-47(54)48-26-11-13-31-55(48)68)59(51)69-60(52)58(50)67(57(49)53)46-23-8-3-9-24-46/h1-39H. The first-order valence-electron chi connectivity index (χ1n) is 23.3. The molecule has 10 aromatic carbocycles. The van der Waals surface area contributed by atoms with Crippen LogP contribution in [0.1, 0.15) is 0 Å². The number of nitrogens with zero attached hydrogens (tertiary/aromatic N) is 5. The van der Waals surface area contributed by atoms with E-state index in [0.29, 0.717) is 17.5 Å². The summed E-state index contributed by atoms with van der Waals surface area (Å²) < 4.78 is 7.38. The molecule has 0 aliphatic heterocycles. The summed E-state index contributed by atoms with van der Waals surface area (Å²) in [6, 6.07) is 84.3. The van der Waals surface area contributed by atoms with Crippen LogP contribution in [0.15, 0.2) is 237 Å². The van der Waals surface area contributed by atoms with Gasteiger partial charge in [-0.3, -0.25) is 0 Å². The van der Waals surface area contributed by atoms with Crippen LogP contribution in [0.25, 0.3) is 132 Å². The molecule has 0 unspecified atom stereocenters. The molecule has 14 aromatic rings. The Labute approximate surface area is 401 Å². The number of hydrogen-bond acceptors (Lipinski definition) is 4. The second-order valence-corrected chi connectivity index (χ2v) is 18.6. The van der Waals surface area contributed by atoms with Crippen LogP contribution in [0, 0.1) is 0 Å². The molecule has 0 atom stereocenters. The maximum atomic E-state index is 5.36. The number of benzene rings is 10. The second kappa shape index (κ2) is 15.8. The van der Waals surface area contributed by atoms with Crippen molar-refractivity contribution in [2.75, 3.05) is 0 Å². The summed E-state index contributed by atoms with van der Waals surface area (Å²) in [6.07, 6.45) is 0. The Morgan fingerprint density at radius 3 is 1.45 bits per heavy atom. The Morgan fingerprint density at radius 2 is 0.754 bits per heavy atom. The molecule has 0 aliphatic rings. The van der Waals surface area contributed by atoms with Crippen LogP contribution in [0.3, 0.4) is 0 Å². The molecule has 0 saturated carbocycles. The molecular weight excluding hydrogens is 859 g/mol. The lowest BCUT2D eigenvalue weighted by molar-refractivity contribution is 1.07. The van der Waals surface area contributed by atoms with Gasteiger partial charge in [-0.25, -0.2) is 15.0 Å². The molecule has 0 radical (unpaired) electrons. The van der Waals surface area contributed by atoms with E-state index in [2.05, 4.69) is 228 Å². The van der Waals surface area contributed by atoms with Crippen LogP contribution < -0.4 is 0 Å². The fourth-order valence-electron chi connectivity index (χ4n) is 10.4. The van der Waals surface area contributed by atoms with Gasteiger partial charge in [0.2, 0.25) is 0 Å². The van der Waals surface area contributed by atoms with Crippen molar-refractivity contribution in [1.82, 2.24) is 24.1 Å². The Balaban J connectivity index is 0.984. The van der Waals surface area contributed by atoms with Crippen molar-refractivity contribution in [3.63, 3.8) is 0 Å². The average Bonchev–Trinajstić information content (AvgIpc) is 4.10. The number of para-hydroxylation sites is 4. The minimum atomic E-state index is 0.616. The Bertz CT molecular complexity index is 4230. The zero-order valence-electron chi connectivity index (χ0n) is 37.2. The molecule has 0 spiro atoms. The molecule has 0 aliphatic carbocycles. The lowest BCUT2D eigenvalue weighted by Gasteiger charge is -2.13. The maximum Gasteiger partial charge on any atom is 0.166 e. The third-order valence-corrected chi connectivity index (χ3v) is 14.8. The van der Waals surface area contributed by atoms with E-state index in [9.17, 15) is 0 Å². The van der Waals surface area contributed by atoms with Crippen molar-refractivity contribution in [3.05, 3.63) is 237 Å². The van der Waals surface area contributed by atoms with Crippen LogP contribution in [0.2, 0.25) is 0 Å². The molecule has 0 bridgehead atoms. The molecule has 6 heteroatoms. The van der Waals surface area contributed by atoms with Gasteiger partial charge in [0.15, 0.2) is 17.5 Å². The summed E-state index contributed by atoms with van der Waals surface area (Å²) in [7, 11) is 0. The number of thiophene rings is 1. The monoisotopic (exact) mass is 897 g/mol. The summed E-state index contributed by atoms with van der Waals surface area (Å²) in [5.41, 5.74) is 14.3. The fourth-order valence-corrected chi connectivity index (χ4v) is 11.8. The maximum absolute atomic E-state index is 5.36. The highest BCUT2D eigenvalue weighted by molar-refractivity contribution is 7.27. The lowest BCUT2D eigenvalue weighted by atomic mass is 9.98. The van der Waals surface area contributed by atoms with Crippen LogP contribution >= 0.6 is 11.3 Å². The molecule has 4 aromatic heterocycles. The van der Waals surface area contributed by atoms with Crippen molar-refractivity contribution < 1.29 is 0 Å². The molecule has 14 rings (SSSR count). The summed E-state index contributed by atoms with van der Waals surface area (Å²) in [4.78, 5) is 15.8. The van der Waals surface area contributed by atoms with Crippen LogP contribution in [0.5, 0.6) is 0 Å². The van der Waals surface area contributed by atoms with E-state index in [1.165, 1.54) is 69.7 Å². The Hall–Kier alpha value is -8.97. The van der Waals surface area contributed by atoms with Gasteiger partial charge in [0, 0.05) is 54.7 Å². The van der Waals surface area contributed by atoms with E-state index in [1.807, 2.05) is 29.5 Å². The highest BCUT2D eigenvalue weighted by atomic mass is 32.1. The first-order valence-corrected chi connectivity index (χ1v) is 24.1. The van der Waals surface area contributed by atoms with Crippen molar-refractivity contribution >= 4 is 75.1 Å². The van der Waals surface area contributed by atoms with E-state index in [0.717, 1.165) is 44.4 Å². The van der Waals surface area contributed by atoms with Gasteiger partial charge in [-0.15, -0.1) is 11.3 Å². The van der Waals surface area contributed by atoms with Gasteiger partial charge in [-0.2, -0.15) is 0 Å². The molecule has 69 heavy (non-hydrogen) atoms. The number of hydrogen-bond donors (Lipinski definition) is 0. The first-order chi connectivity index (χ1) is 34.2. The largest absolute Gasteiger partial charge is 0.308 e. The predicted octanol–water partition coefficient (Wildman–Crippen LogP) is 16.8. The second-order valence-electron chi connectivity index (χ2n) is 17.5. The van der Waals surface area contributed by atoms with Gasteiger partial charge < -0.3 is 9.13 Å². The Morgan fingerprint density at radius 1 is 0.290 bits per heavy atom.